The molecule has 0 aliphatic heterocycles. The quantitative estimate of drug-likeness (QED) is 0.792. The summed E-state index contributed by atoms with van der Waals surface area (Å²) < 4.78 is 25.6. The first-order valence-electron chi connectivity index (χ1n) is 4.18. The van der Waals surface area contributed by atoms with E-state index in [2.05, 4.69) is 14.8 Å². The van der Waals surface area contributed by atoms with Crippen molar-refractivity contribution >= 4 is 16.0 Å². The van der Waals surface area contributed by atoms with Crippen molar-refractivity contribution < 1.29 is 8.42 Å². The zero-order valence-electron chi connectivity index (χ0n) is 8.64. The Balaban J connectivity index is 3.00. The third-order valence-corrected chi connectivity index (χ3v) is 2.13. The van der Waals surface area contributed by atoms with Gasteiger partial charge in [-0.05, 0) is 0 Å². The molecular weight excluding hydrogens is 204 g/mol. The smallest absolute Gasteiger partial charge is 0.234 e. The number of anilines is 1. The number of sulfonamides is 1. The SMILES string of the molecule is CC(C)c1nc(NS(C)(=O)=O)n(C)n1. The zero-order valence-corrected chi connectivity index (χ0v) is 9.46. The lowest BCUT2D eigenvalue weighted by Crippen LogP contribution is -2.13. The molecule has 1 N–H and O–H groups in total. The maximum Gasteiger partial charge on any atom is 0.234 e. The lowest BCUT2D eigenvalue weighted by molar-refractivity contribution is 0.605. The van der Waals surface area contributed by atoms with Crippen molar-refractivity contribution in [1.82, 2.24) is 14.8 Å². The summed E-state index contributed by atoms with van der Waals surface area (Å²) >= 11 is 0. The number of nitrogens with one attached hydrogen (secondary N) is 1. The molecule has 14 heavy (non-hydrogen) atoms. The summed E-state index contributed by atoms with van der Waals surface area (Å²) in [5.74, 6) is 1.05. The molecule has 80 valence electrons. The minimum atomic E-state index is -3.29. The summed E-state index contributed by atoms with van der Waals surface area (Å²) in [4.78, 5) is 4.06. The van der Waals surface area contributed by atoms with Crippen LogP contribution in [0.25, 0.3) is 0 Å². The van der Waals surface area contributed by atoms with E-state index >= 15 is 0 Å². The number of aryl methyl sites for hydroxylation is 1. The van der Waals surface area contributed by atoms with Crippen LogP contribution in [-0.4, -0.2) is 29.4 Å². The first-order chi connectivity index (χ1) is 6.29. The number of hydrogen-bond acceptors (Lipinski definition) is 4. The van der Waals surface area contributed by atoms with Gasteiger partial charge in [0.15, 0.2) is 5.82 Å². The van der Waals surface area contributed by atoms with Gasteiger partial charge in [0, 0.05) is 13.0 Å². The van der Waals surface area contributed by atoms with E-state index in [0.29, 0.717) is 5.82 Å². The molecule has 0 aliphatic rings. The molecule has 1 rings (SSSR count). The van der Waals surface area contributed by atoms with E-state index in [-0.39, 0.29) is 11.9 Å². The van der Waals surface area contributed by atoms with E-state index in [9.17, 15) is 8.42 Å². The molecule has 0 spiro atoms. The lowest BCUT2D eigenvalue weighted by atomic mass is 10.2. The molecule has 7 heteroatoms. The molecule has 0 amide bonds. The second-order valence-electron chi connectivity index (χ2n) is 3.45. The Labute approximate surface area is 83.4 Å². The van der Waals surface area contributed by atoms with Crippen LogP contribution in [0.5, 0.6) is 0 Å². The van der Waals surface area contributed by atoms with E-state index in [0.717, 1.165) is 6.26 Å². The van der Waals surface area contributed by atoms with Crippen LogP contribution in [-0.2, 0) is 17.1 Å². The summed E-state index contributed by atoms with van der Waals surface area (Å²) in [6, 6.07) is 0. The average molecular weight is 218 g/mol. The minimum absolute atomic E-state index is 0.177. The lowest BCUT2D eigenvalue weighted by Gasteiger charge is -1.99. The highest BCUT2D eigenvalue weighted by Crippen LogP contribution is 2.12. The Morgan fingerprint density at radius 2 is 2.00 bits per heavy atom. The molecule has 0 atom stereocenters. The van der Waals surface area contributed by atoms with E-state index in [4.69, 9.17) is 0 Å². The molecule has 6 nitrogen and oxygen atoms in total. The van der Waals surface area contributed by atoms with Crippen LogP contribution in [0.4, 0.5) is 5.95 Å². The van der Waals surface area contributed by atoms with Gasteiger partial charge in [-0.1, -0.05) is 13.8 Å². The molecule has 0 saturated heterocycles. The molecule has 0 aromatic carbocycles. The van der Waals surface area contributed by atoms with Crippen LogP contribution in [0, 0.1) is 0 Å². The van der Waals surface area contributed by atoms with Crippen molar-refractivity contribution in [2.75, 3.05) is 11.0 Å². The van der Waals surface area contributed by atoms with Gasteiger partial charge in [-0.25, -0.2) is 13.1 Å². The fraction of sp³-hybridized carbons (Fsp3) is 0.714. The topological polar surface area (TPSA) is 76.9 Å². The molecule has 0 unspecified atom stereocenters. The molecule has 0 aliphatic carbocycles. The van der Waals surface area contributed by atoms with Crippen molar-refractivity contribution in [3.8, 4) is 0 Å². The Morgan fingerprint density at radius 3 is 2.36 bits per heavy atom. The first kappa shape index (κ1) is 11.0. The third kappa shape index (κ3) is 2.69. The zero-order chi connectivity index (χ0) is 10.9. The number of nitrogens with zero attached hydrogens (tertiary/aromatic N) is 3. The van der Waals surface area contributed by atoms with Gasteiger partial charge in [0.1, 0.15) is 0 Å². The van der Waals surface area contributed by atoms with Gasteiger partial charge in [0.05, 0.1) is 6.26 Å². The van der Waals surface area contributed by atoms with Crippen molar-refractivity contribution in [3.05, 3.63) is 5.82 Å². The molecular formula is C7H14N4O2S. The number of rotatable bonds is 3. The highest BCUT2D eigenvalue weighted by atomic mass is 32.2. The summed E-state index contributed by atoms with van der Waals surface area (Å²) in [6.07, 6.45) is 1.08. The monoisotopic (exact) mass is 218 g/mol. The molecule has 1 heterocycles. The summed E-state index contributed by atoms with van der Waals surface area (Å²) in [7, 11) is -1.64. The van der Waals surface area contributed by atoms with Gasteiger partial charge in [-0.15, -0.1) is 0 Å². The van der Waals surface area contributed by atoms with Crippen LogP contribution >= 0.6 is 0 Å². The van der Waals surface area contributed by atoms with Crippen molar-refractivity contribution in [2.45, 2.75) is 19.8 Å². The van der Waals surface area contributed by atoms with E-state index in [1.54, 1.807) is 7.05 Å². The number of hydrogen-bond donors (Lipinski definition) is 1. The molecule has 1 aromatic rings. The Hall–Kier alpha value is -1.11. The highest BCUT2D eigenvalue weighted by molar-refractivity contribution is 7.91. The predicted octanol–water partition coefficient (Wildman–Crippen LogP) is 0.310. The highest BCUT2D eigenvalue weighted by Gasteiger charge is 2.12. The second-order valence-corrected chi connectivity index (χ2v) is 5.19. The van der Waals surface area contributed by atoms with Gasteiger partial charge in [-0.3, -0.25) is 4.72 Å². The van der Waals surface area contributed by atoms with Crippen LogP contribution in [0.1, 0.15) is 25.6 Å². The van der Waals surface area contributed by atoms with Crippen LogP contribution < -0.4 is 4.72 Å². The molecule has 0 saturated carbocycles. The predicted molar refractivity (Wildman–Crippen MR) is 53.6 cm³/mol. The van der Waals surface area contributed by atoms with E-state index in [1.165, 1.54) is 4.68 Å². The van der Waals surface area contributed by atoms with Crippen LogP contribution in [0.2, 0.25) is 0 Å². The van der Waals surface area contributed by atoms with E-state index < -0.39 is 10.0 Å². The summed E-state index contributed by atoms with van der Waals surface area (Å²) in [5, 5.41) is 4.07. The van der Waals surface area contributed by atoms with Gasteiger partial charge in [-0.2, -0.15) is 10.1 Å². The van der Waals surface area contributed by atoms with Crippen LogP contribution in [0.15, 0.2) is 0 Å². The maximum atomic E-state index is 10.9. The van der Waals surface area contributed by atoms with Gasteiger partial charge in [0.25, 0.3) is 0 Å². The first-order valence-corrected chi connectivity index (χ1v) is 6.07. The third-order valence-electron chi connectivity index (χ3n) is 1.57. The van der Waals surface area contributed by atoms with Gasteiger partial charge < -0.3 is 0 Å². The standard InChI is InChI=1S/C7H14N4O2S/c1-5(2)6-8-7(11(3)9-6)10-14(4,12)13/h5H,1-4H3,(H,8,9,10). The molecule has 0 bridgehead atoms. The van der Waals surface area contributed by atoms with Gasteiger partial charge >= 0.3 is 0 Å². The Kier molecular flexibility index (Phi) is 2.79. The average Bonchev–Trinajstić information content (AvgIpc) is 2.29. The molecule has 0 fully saturated rings. The van der Waals surface area contributed by atoms with Crippen molar-refractivity contribution in [1.29, 1.82) is 0 Å². The minimum Gasteiger partial charge on any atom is -0.252 e. The fourth-order valence-electron chi connectivity index (χ4n) is 0.904. The maximum absolute atomic E-state index is 10.9. The molecule has 0 radical (unpaired) electrons. The fourth-order valence-corrected chi connectivity index (χ4v) is 1.41. The summed E-state index contributed by atoms with van der Waals surface area (Å²) in [5.41, 5.74) is 0. The van der Waals surface area contributed by atoms with Gasteiger partial charge in [0.2, 0.25) is 16.0 Å². The second kappa shape index (κ2) is 3.56. The largest absolute Gasteiger partial charge is 0.252 e. The Morgan fingerprint density at radius 1 is 1.43 bits per heavy atom. The normalized spacial score (nSPS) is 12.1. The molecule has 1 aromatic heterocycles. The van der Waals surface area contributed by atoms with E-state index in [1.807, 2.05) is 13.8 Å². The number of aromatic nitrogens is 3. The van der Waals surface area contributed by atoms with Crippen molar-refractivity contribution in [2.24, 2.45) is 7.05 Å². The summed E-state index contributed by atoms with van der Waals surface area (Å²) in [6.45, 7) is 3.89. The Bertz CT molecular complexity index is 421. The van der Waals surface area contributed by atoms with Crippen molar-refractivity contribution in [3.63, 3.8) is 0 Å². The van der Waals surface area contributed by atoms with Crippen LogP contribution in [0.3, 0.4) is 0 Å².